The van der Waals surface area contributed by atoms with Crippen LogP contribution in [-0.2, 0) is 24.3 Å². The number of aromatic nitrogens is 2. The van der Waals surface area contributed by atoms with Gasteiger partial charge in [0.2, 0.25) is 5.91 Å². The second kappa shape index (κ2) is 7.43. The van der Waals surface area contributed by atoms with Gasteiger partial charge in [-0.3, -0.25) is 13.9 Å². The zero-order valence-electron chi connectivity index (χ0n) is 15.6. The second-order valence-corrected chi connectivity index (χ2v) is 7.22. The Labute approximate surface area is 158 Å². The Morgan fingerprint density at radius 3 is 2.56 bits per heavy atom. The quantitative estimate of drug-likeness (QED) is 0.755. The summed E-state index contributed by atoms with van der Waals surface area (Å²) in [5.74, 6) is -0.113. The Morgan fingerprint density at radius 1 is 1.07 bits per heavy atom. The summed E-state index contributed by atoms with van der Waals surface area (Å²) in [6.45, 7) is 2.75. The van der Waals surface area contributed by atoms with Crippen LogP contribution in [0.2, 0.25) is 0 Å². The van der Waals surface area contributed by atoms with E-state index in [1.807, 2.05) is 43.3 Å². The van der Waals surface area contributed by atoms with Crippen LogP contribution in [0.15, 0.2) is 53.3 Å². The summed E-state index contributed by atoms with van der Waals surface area (Å²) in [5, 5.41) is 3.15. The van der Waals surface area contributed by atoms with Gasteiger partial charge >= 0.3 is 5.69 Å². The third-order valence-electron chi connectivity index (χ3n) is 5.38. The number of rotatable bonds is 5. The van der Waals surface area contributed by atoms with Crippen LogP contribution < -0.4 is 11.0 Å². The SMILES string of the molecule is CCCn1c(=O)n(CC(=O)N[C@H]2CCCc3ccccc32)c2ccccc21. The van der Waals surface area contributed by atoms with Gasteiger partial charge in [0.15, 0.2) is 0 Å². The van der Waals surface area contributed by atoms with Crippen molar-refractivity contribution in [3.05, 3.63) is 70.1 Å². The van der Waals surface area contributed by atoms with E-state index >= 15 is 0 Å². The molecule has 0 bridgehead atoms. The monoisotopic (exact) mass is 363 g/mol. The third-order valence-corrected chi connectivity index (χ3v) is 5.38. The van der Waals surface area contributed by atoms with Crippen LogP contribution in [-0.4, -0.2) is 15.0 Å². The summed E-state index contributed by atoms with van der Waals surface area (Å²) in [6.07, 6.45) is 3.94. The summed E-state index contributed by atoms with van der Waals surface area (Å²) in [4.78, 5) is 25.6. The van der Waals surface area contributed by atoms with Crippen molar-refractivity contribution in [1.82, 2.24) is 14.5 Å². The Hall–Kier alpha value is -2.82. The number of para-hydroxylation sites is 2. The molecule has 1 aromatic heterocycles. The van der Waals surface area contributed by atoms with Crippen molar-refractivity contribution < 1.29 is 4.79 Å². The van der Waals surface area contributed by atoms with Crippen molar-refractivity contribution in [3.8, 4) is 0 Å². The minimum atomic E-state index is -0.114. The topological polar surface area (TPSA) is 56.0 Å². The number of carbonyl (C=O) groups is 1. The predicted molar refractivity (Wildman–Crippen MR) is 107 cm³/mol. The lowest BCUT2D eigenvalue weighted by Gasteiger charge is -2.26. The molecule has 3 aromatic rings. The van der Waals surface area contributed by atoms with Crippen molar-refractivity contribution in [3.63, 3.8) is 0 Å². The summed E-state index contributed by atoms with van der Waals surface area (Å²) >= 11 is 0. The van der Waals surface area contributed by atoms with Crippen LogP contribution in [0.5, 0.6) is 0 Å². The Bertz CT molecular complexity index is 1030. The molecule has 0 saturated heterocycles. The summed E-state index contributed by atoms with van der Waals surface area (Å²) in [6, 6.07) is 16.0. The molecule has 0 radical (unpaired) electrons. The number of carbonyl (C=O) groups excluding carboxylic acids is 1. The minimum absolute atomic E-state index is 0.0298. The van der Waals surface area contributed by atoms with E-state index in [1.165, 1.54) is 11.1 Å². The molecule has 1 aliphatic rings. The molecule has 1 aliphatic carbocycles. The number of hydrogen-bond donors (Lipinski definition) is 1. The van der Waals surface area contributed by atoms with E-state index in [0.717, 1.165) is 36.7 Å². The van der Waals surface area contributed by atoms with Crippen LogP contribution in [0.25, 0.3) is 11.0 Å². The first-order chi connectivity index (χ1) is 13.2. The highest BCUT2D eigenvalue weighted by molar-refractivity contribution is 5.81. The third kappa shape index (κ3) is 3.29. The van der Waals surface area contributed by atoms with E-state index in [1.54, 1.807) is 9.13 Å². The first kappa shape index (κ1) is 17.6. The molecule has 5 heteroatoms. The van der Waals surface area contributed by atoms with E-state index < -0.39 is 0 Å². The van der Waals surface area contributed by atoms with Crippen LogP contribution in [0.3, 0.4) is 0 Å². The zero-order chi connectivity index (χ0) is 18.8. The molecule has 2 aromatic carbocycles. The van der Waals surface area contributed by atoms with E-state index in [-0.39, 0.29) is 24.2 Å². The van der Waals surface area contributed by atoms with Crippen LogP contribution in [0.4, 0.5) is 0 Å². The number of hydrogen-bond acceptors (Lipinski definition) is 2. The number of benzene rings is 2. The molecule has 5 nitrogen and oxygen atoms in total. The summed E-state index contributed by atoms with van der Waals surface area (Å²) in [7, 11) is 0. The normalized spacial score (nSPS) is 16.3. The Morgan fingerprint density at radius 2 is 1.78 bits per heavy atom. The molecule has 0 aliphatic heterocycles. The fourth-order valence-corrected chi connectivity index (χ4v) is 4.15. The number of aryl methyl sites for hydroxylation is 2. The fourth-order valence-electron chi connectivity index (χ4n) is 4.15. The Kier molecular flexibility index (Phi) is 4.84. The lowest BCUT2D eigenvalue weighted by Crippen LogP contribution is -2.36. The molecule has 0 spiro atoms. The van der Waals surface area contributed by atoms with Crippen LogP contribution in [0, 0.1) is 0 Å². The van der Waals surface area contributed by atoms with E-state index in [2.05, 4.69) is 17.4 Å². The minimum Gasteiger partial charge on any atom is -0.348 e. The average molecular weight is 363 g/mol. The standard InChI is InChI=1S/C22H25N3O2/c1-2-14-24-19-12-5-6-13-20(19)25(22(24)27)15-21(26)23-18-11-7-9-16-8-3-4-10-17(16)18/h3-6,8,10,12-13,18H,2,7,9,11,14-15H2,1H3,(H,23,26)/t18-/m0/s1. The van der Waals surface area contributed by atoms with Crippen molar-refractivity contribution in [2.24, 2.45) is 0 Å². The molecule has 27 heavy (non-hydrogen) atoms. The fraction of sp³-hybridized carbons (Fsp3) is 0.364. The molecule has 0 fully saturated rings. The molecule has 0 unspecified atom stereocenters. The molecule has 140 valence electrons. The lowest BCUT2D eigenvalue weighted by molar-refractivity contribution is -0.122. The van der Waals surface area contributed by atoms with Gasteiger partial charge in [-0.1, -0.05) is 43.3 Å². The second-order valence-electron chi connectivity index (χ2n) is 7.22. The lowest BCUT2D eigenvalue weighted by atomic mass is 9.88. The number of fused-ring (bicyclic) bond motifs is 2. The van der Waals surface area contributed by atoms with Crippen molar-refractivity contribution in [1.29, 1.82) is 0 Å². The molecule has 1 amide bonds. The molecule has 4 rings (SSSR count). The number of nitrogens with zero attached hydrogens (tertiary/aromatic N) is 2. The number of imidazole rings is 1. The highest BCUT2D eigenvalue weighted by atomic mass is 16.2. The summed E-state index contributed by atoms with van der Waals surface area (Å²) in [5.41, 5.74) is 4.11. The van der Waals surface area contributed by atoms with E-state index in [0.29, 0.717) is 6.54 Å². The average Bonchev–Trinajstić information content (AvgIpc) is 2.95. The van der Waals surface area contributed by atoms with Gasteiger partial charge in [-0.05, 0) is 48.9 Å². The molecule has 1 atom stereocenters. The molecule has 1 heterocycles. The number of nitrogens with one attached hydrogen (secondary N) is 1. The first-order valence-electron chi connectivity index (χ1n) is 9.74. The van der Waals surface area contributed by atoms with Crippen molar-refractivity contribution in [2.75, 3.05) is 0 Å². The Balaban J connectivity index is 1.59. The van der Waals surface area contributed by atoms with Crippen molar-refractivity contribution >= 4 is 16.9 Å². The maximum atomic E-state index is 12.9. The van der Waals surface area contributed by atoms with Gasteiger partial charge in [0.05, 0.1) is 17.1 Å². The first-order valence-corrected chi connectivity index (χ1v) is 9.74. The zero-order valence-corrected chi connectivity index (χ0v) is 15.6. The van der Waals surface area contributed by atoms with E-state index in [4.69, 9.17) is 0 Å². The molecule has 0 saturated carbocycles. The van der Waals surface area contributed by atoms with Crippen molar-refractivity contribution in [2.45, 2.75) is 51.7 Å². The van der Waals surface area contributed by atoms with Gasteiger partial charge in [-0.2, -0.15) is 0 Å². The van der Waals surface area contributed by atoms with Gasteiger partial charge in [0.25, 0.3) is 0 Å². The smallest absolute Gasteiger partial charge is 0.329 e. The highest BCUT2D eigenvalue weighted by Crippen LogP contribution is 2.29. The van der Waals surface area contributed by atoms with Crippen LogP contribution in [0.1, 0.15) is 43.4 Å². The molecular formula is C22H25N3O2. The molecule has 1 N–H and O–H groups in total. The number of amides is 1. The maximum absolute atomic E-state index is 12.9. The van der Waals surface area contributed by atoms with E-state index in [9.17, 15) is 9.59 Å². The predicted octanol–water partition coefficient (Wildman–Crippen LogP) is 3.41. The van der Waals surface area contributed by atoms with Gasteiger partial charge in [0, 0.05) is 6.54 Å². The summed E-state index contributed by atoms with van der Waals surface area (Å²) < 4.78 is 3.35. The molecular weight excluding hydrogens is 338 g/mol. The van der Waals surface area contributed by atoms with Gasteiger partial charge < -0.3 is 5.32 Å². The van der Waals surface area contributed by atoms with Gasteiger partial charge in [-0.15, -0.1) is 0 Å². The highest BCUT2D eigenvalue weighted by Gasteiger charge is 2.22. The largest absolute Gasteiger partial charge is 0.348 e. The van der Waals surface area contributed by atoms with Gasteiger partial charge in [-0.25, -0.2) is 4.79 Å². The van der Waals surface area contributed by atoms with Crippen LogP contribution >= 0.6 is 0 Å². The van der Waals surface area contributed by atoms with Gasteiger partial charge in [0.1, 0.15) is 6.54 Å². The maximum Gasteiger partial charge on any atom is 0.329 e.